The molecule has 5 nitrogen and oxygen atoms in total. The van der Waals surface area contributed by atoms with Crippen molar-refractivity contribution in [1.29, 1.82) is 0 Å². The Morgan fingerprint density at radius 3 is 2.18 bits per heavy atom. The molecule has 0 amide bonds. The van der Waals surface area contributed by atoms with Gasteiger partial charge in [0.05, 0.1) is 19.1 Å². The fraction of sp³-hybridized carbons (Fsp3) is 0.462. The third kappa shape index (κ3) is 3.79. The molecule has 0 radical (unpaired) electrons. The van der Waals surface area contributed by atoms with Gasteiger partial charge in [0.2, 0.25) is 0 Å². The van der Waals surface area contributed by atoms with Crippen molar-refractivity contribution in [1.82, 2.24) is 4.90 Å². The fourth-order valence-corrected chi connectivity index (χ4v) is 6.35. The number of hydrogen-bond donors (Lipinski definition) is 0. The van der Waals surface area contributed by atoms with Gasteiger partial charge in [-0.15, -0.1) is 0 Å². The summed E-state index contributed by atoms with van der Waals surface area (Å²) in [5.74, 6) is -0.104. The number of fused-ring (bicyclic) bond motifs is 1. The Labute approximate surface area is 213 Å². The molecule has 2 aromatic carbocycles. The summed E-state index contributed by atoms with van der Waals surface area (Å²) < 4.78 is 12.2. The molecule has 0 spiro atoms. The van der Waals surface area contributed by atoms with Crippen molar-refractivity contribution < 1.29 is 14.0 Å². The summed E-state index contributed by atoms with van der Waals surface area (Å²) in [4.78, 5) is 20.8. The molecule has 2 heterocycles. The second-order valence-corrected chi connectivity index (χ2v) is 16.1. The minimum absolute atomic E-state index is 0.0257. The molecule has 34 heavy (non-hydrogen) atoms. The summed E-state index contributed by atoms with van der Waals surface area (Å²) in [5.41, 5.74) is 0.654. The van der Waals surface area contributed by atoms with E-state index in [0.29, 0.717) is 21.5 Å². The highest BCUT2D eigenvalue weighted by atomic mass is 35.5. The maximum Gasteiger partial charge on any atom is 0.329 e. The Hall–Kier alpha value is -1.86. The Balaban J connectivity index is 1.92. The van der Waals surface area contributed by atoms with Crippen molar-refractivity contribution >= 4 is 43.4 Å². The highest BCUT2D eigenvalue weighted by Gasteiger charge is 2.77. The molecule has 1 saturated heterocycles. The molecule has 182 valence electrons. The lowest BCUT2D eigenvalue weighted by molar-refractivity contribution is -0.146. The van der Waals surface area contributed by atoms with Crippen LogP contribution in [-0.2, 0) is 14.0 Å². The Bertz CT molecular complexity index is 1110. The molecule has 0 N–H and O–H groups in total. The van der Waals surface area contributed by atoms with E-state index in [4.69, 9.17) is 37.4 Å². The van der Waals surface area contributed by atoms with Crippen LogP contribution in [0, 0.1) is 5.92 Å². The van der Waals surface area contributed by atoms with Crippen LogP contribution in [0.15, 0.2) is 53.5 Å². The number of aliphatic imine (C=N–C) groups is 1. The largest absolute Gasteiger partial charge is 0.534 e. The normalized spacial score (nSPS) is 28.6. The van der Waals surface area contributed by atoms with Gasteiger partial charge in [0.1, 0.15) is 6.17 Å². The fourth-order valence-electron chi connectivity index (χ4n) is 4.69. The van der Waals surface area contributed by atoms with Crippen LogP contribution in [-0.4, -0.2) is 37.7 Å². The minimum atomic E-state index is -2.23. The number of ether oxygens (including phenoxy) is 1. The maximum atomic E-state index is 13.6. The third-order valence-electron chi connectivity index (χ3n) is 7.65. The van der Waals surface area contributed by atoms with Crippen LogP contribution >= 0.6 is 23.2 Å². The zero-order valence-electron chi connectivity index (χ0n) is 20.7. The van der Waals surface area contributed by atoms with E-state index < -0.39 is 26.1 Å². The van der Waals surface area contributed by atoms with E-state index in [1.807, 2.05) is 37.3 Å². The number of carbonyl (C=O) groups is 1. The van der Waals surface area contributed by atoms with Crippen LogP contribution in [0.25, 0.3) is 0 Å². The van der Waals surface area contributed by atoms with E-state index in [9.17, 15) is 4.79 Å². The molecule has 2 aromatic rings. The van der Waals surface area contributed by atoms with Gasteiger partial charge in [0, 0.05) is 15.6 Å². The summed E-state index contributed by atoms with van der Waals surface area (Å²) in [6.45, 7) is 12.9. The third-order valence-corrected chi connectivity index (χ3v) is 12.6. The van der Waals surface area contributed by atoms with Crippen LogP contribution in [0.2, 0.25) is 28.2 Å². The molecule has 0 aromatic heterocycles. The van der Waals surface area contributed by atoms with Crippen LogP contribution in [0.3, 0.4) is 0 Å². The zero-order valence-corrected chi connectivity index (χ0v) is 23.2. The van der Waals surface area contributed by atoms with Crippen molar-refractivity contribution in [2.75, 3.05) is 7.11 Å². The zero-order chi connectivity index (χ0) is 25.1. The summed E-state index contributed by atoms with van der Waals surface area (Å²) in [6, 6.07) is 14.9. The summed E-state index contributed by atoms with van der Waals surface area (Å²) in [5, 5.41) is 1.00. The number of hydrogen-bond acceptors (Lipinski definition) is 5. The van der Waals surface area contributed by atoms with Gasteiger partial charge in [0.15, 0.2) is 11.4 Å². The van der Waals surface area contributed by atoms with Crippen molar-refractivity contribution in [3.63, 3.8) is 0 Å². The number of rotatable bonds is 4. The predicted octanol–water partition coefficient (Wildman–Crippen LogP) is 7.03. The first-order valence-electron chi connectivity index (χ1n) is 11.5. The molecule has 0 aliphatic carbocycles. The van der Waals surface area contributed by atoms with Crippen molar-refractivity contribution in [3.8, 4) is 0 Å². The van der Waals surface area contributed by atoms with Gasteiger partial charge in [-0.3, -0.25) is 0 Å². The van der Waals surface area contributed by atoms with Gasteiger partial charge in [-0.2, -0.15) is 0 Å². The average Bonchev–Trinajstić information content (AvgIpc) is 3.45. The molecule has 0 saturated carbocycles. The van der Waals surface area contributed by atoms with Crippen LogP contribution in [0.5, 0.6) is 0 Å². The number of benzene rings is 2. The molecular formula is C26H32Cl2N2O3Si. The van der Waals surface area contributed by atoms with E-state index in [0.717, 1.165) is 5.56 Å². The Morgan fingerprint density at radius 2 is 1.65 bits per heavy atom. The molecular weight excluding hydrogens is 487 g/mol. The lowest BCUT2D eigenvalue weighted by Crippen LogP contribution is -2.51. The summed E-state index contributed by atoms with van der Waals surface area (Å²) >= 11 is 13.3. The van der Waals surface area contributed by atoms with Gasteiger partial charge in [-0.1, -0.05) is 87.3 Å². The molecule has 2 aliphatic rings. The lowest BCUT2D eigenvalue weighted by Gasteiger charge is -2.40. The second kappa shape index (κ2) is 8.66. The summed E-state index contributed by atoms with van der Waals surface area (Å²) in [7, 11) is -0.810. The molecule has 8 heteroatoms. The number of halogens is 2. The molecule has 1 fully saturated rings. The van der Waals surface area contributed by atoms with Crippen molar-refractivity contribution in [2.45, 2.75) is 63.6 Å². The number of methoxy groups -OCH3 is 1. The van der Waals surface area contributed by atoms with Crippen LogP contribution in [0.4, 0.5) is 0 Å². The van der Waals surface area contributed by atoms with Crippen molar-refractivity contribution in [3.05, 3.63) is 69.7 Å². The smallest absolute Gasteiger partial charge is 0.329 e. The molecule has 5 atom stereocenters. The average molecular weight is 520 g/mol. The minimum Gasteiger partial charge on any atom is -0.534 e. The number of nitrogens with zero attached hydrogens (tertiary/aromatic N) is 2. The van der Waals surface area contributed by atoms with Crippen LogP contribution < -0.4 is 0 Å². The standard InChI is InChI=1S/C26H32Cl2N2O3Si/c1-16-23(33-34(6,7)25(2,3)4)29-22(17-12-9-8-10-13-17)30-21(26(16,30)24(31)32-5)20-18(27)14-11-15-19(20)28/h8-16,21-22H,1-7H3/t16-,21+,22+,26+,30?/m0/s1. The topological polar surface area (TPSA) is 50.9 Å². The van der Waals surface area contributed by atoms with E-state index >= 15 is 0 Å². The number of esters is 1. The van der Waals surface area contributed by atoms with E-state index in [1.54, 1.807) is 18.2 Å². The van der Waals surface area contributed by atoms with Crippen molar-refractivity contribution in [2.24, 2.45) is 10.9 Å². The Morgan fingerprint density at radius 1 is 1.06 bits per heavy atom. The van der Waals surface area contributed by atoms with Crippen LogP contribution in [0.1, 0.15) is 51.0 Å². The molecule has 2 aliphatic heterocycles. The first-order chi connectivity index (χ1) is 15.9. The van der Waals surface area contributed by atoms with E-state index in [-0.39, 0.29) is 16.9 Å². The summed E-state index contributed by atoms with van der Waals surface area (Å²) in [6.07, 6.45) is -0.436. The highest BCUT2D eigenvalue weighted by Crippen LogP contribution is 2.67. The second-order valence-electron chi connectivity index (χ2n) is 10.6. The SMILES string of the molecule is COC(=O)[C@]12[C@@H](C)C(O[Si](C)(C)C(C)(C)C)=N[C@@H](c3ccccc3)N1[C@@H]2c1c(Cl)cccc1Cl. The van der Waals surface area contributed by atoms with Gasteiger partial charge in [-0.05, 0) is 35.8 Å². The van der Waals surface area contributed by atoms with Gasteiger partial charge < -0.3 is 9.16 Å². The number of carbonyl (C=O) groups excluding carboxylic acids is 1. The van der Waals surface area contributed by atoms with E-state index in [2.05, 4.69) is 38.8 Å². The first kappa shape index (κ1) is 25.2. The van der Waals surface area contributed by atoms with Gasteiger partial charge in [-0.25, -0.2) is 14.7 Å². The molecule has 1 unspecified atom stereocenters. The lowest BCUT2D eigenvalue weighted by atomic mass is 9.86. The first-order valence-corrected chi connectivity index (χ1v) is 15.2. The van der Waals surface area contributed by atoms with E-state index in [1.165, 1.54) is 7.11 Å². The Kier molecular flexibility index (Phi) is 6.43. The quantitative estimate of drug-likeness (QED) is 0.247. The monoisotopic (exact) mass is 518 g/mol. The highest BCUT2D eigenvalue weighted by molar-refractivity contribution is 6.75. The maximum absolute atomic E-state index is 13.6. The molecule has 4 rings (SSSR count). The van der Waals surface area contributed by atoms with Gasteiger partial charge in [0.25, 0.3) is 8.32 Å². The predicted molar refractivity (Wildman–Crippen MR) is 140 cm³/mol. The van der Waals surface area contributed by atoms with Gasteiger partial charge >= 0.3 is 5.97 Å². The molecule has 0 bridgehead atoms.